The lowest BCUT2D eigenvalue weighted by atomic mass is 9.73. The lowest BCUT2D eigenvalue weighted by molar-refractivity contribution is -0.117. The molecule has 0 bridgehead atoms. The van der Waals surface area contributed by atoms with Gasteiger partial charge in [0.05, 0.1) is 5.92 Å². The number of allylic oxidation sites excluding steroid dienone is 3. The number of aryl methyl sites for hydroxylation is 1. The zero-order valence-electron chi connectivity index (χ0n) is 15.8. The monoisotopic (exact) mass is 370 g/mol. The number of hydrogen-bond acceptors (Lipinski definition) is 4. The highest BCUT2D eigenvalue weighted by Crippen LogP contribution is 2.46. The first-order chi connectivity index (χ1) is 13.6. The summed E-state index contributed by atoms with van der Waals surface area (Å²) in [6.07, 6.45) is 1.95. The highest BCUT2D eigenvalue weighted by molar-refractivity contribution is 6.00. The van der Waals surface area contributed by atoms with E-state index in [1.807, 2.05) is 54.6 Å². The SMILES string of the molecule is CCc1ccc([C@@H]2C(C#N)=C(N)OC3=C2C(=O)C[C@H](c2ccccc2)C3)cc1. The molecule has 0 amide bonds. The van der Waals surface area contributed by atoms with E-state index in [0.29, 0.717) is 29.7 Å². The van der Waals surface area contributed by atoms with Gasteiger partial charge in [0.1, 0.15) is 17.4 Å². The summed E-state index contributed by atoms with van der Waals surface area (Å²) in [6, 6.07) is 20.2. The van der Waals surface area contributed by atoms with Gasteiger partial charge in [0, 0.05) is 18.4 Å². The molecule has 1 heterocycles. The van der Waals surface area contributed by atoms with Crippen LogP contribution in [0.1, 0.15) is 48.3 Å². The molecule has 1 aliphatic heterocycles. The number of carbonyl (C=O) groups is 1. The van der Waals surface area contributed by atoms with Crippen molar-refractivity contribution in [2.75, 3.05) is 0 Å². The van der Waals surface area contributed by atoms with Gasteiger partial charge in [0.15, 0.2) is 5.78 Å². The molecular weight excluding hydrogens is 348 g/mol. The van der Waals surface area contributed by atoms with Crippen LogP contribution in [-0.2, 0) is 16.0 Å². The van der Waals surface area contributed by atoms with Crippen molar-refractivity contribution in [3.8, 4) is 6.07 Å². The fourth-order valence-corrected chi connectivity index (χ4v) is 4.15. The Morgan fingerprint density at radius 3 is 2.43 bits per heavy atom. The summed E-state index contributed by atoms with van der Waals surface area (Å²) in [6.45, 7) is 2.09. The van der Waals surface area contributed by atoms with E-state index < -0.39 is 5.92 Å². The molecule has 0 fully saturated rings. The lowest BCUT2D eigenvalue weighted by Crippen LogP contribution is -2.29. The summed E-state index contributed by atoms with van der Waals surface area (Å²) in [5.74, 6) is 0.342. The summed E-state index contributed by atoms with van der Waals surface area (Å²) >= 11 is 0. The summed E-state index contributed by atoms with van der Waals surface area (Å²) in [4.78, 5) is 13.2. The van der Waals surface area contributed by atoms with Crippen molar-refractivity contribution in [2.45, 2.75) is 38.0 Å². The van der Waals surface area contributed by atoms with Crippen molar-refractivity contribution in [2.24, 2.45) is 5.73 Å². The molecule has 140 valence electrons. The number of nitrogens with two attached hydrogens (primary N) is 1. The minimum atomic E-state index is -0.455. The molecule has 0 saturated carbocycles. The van der Waals surface area contributed by atoms with E-state index in [1.165, 1.54) is 5.56 Å². The van der Waals surface area contributed by atoms with E-state index in [-0.39, 0.29) is 17.6 Å². The van der Waals surface area contributed by atoms with Crippen molar-refractivity contribution >= 4 is 5.78 Å². The van der Waals surface area contributed by atoms with Crippen LogP contribution in [0.3, 0.4) is 0 Å². The highest BCUT2D eigenvalue weighted by atomic mass is 16.5. The van der Waals surface area contributed by atoms with Crippen molar-refractivity contribution in [3.63, 3.8) is 0 Å². The van der Waals surface area contributed by atoms with Gasteiger partial charge in [-0.3, -0.25) is 4.79 Å². The molecule has 2 aromatic carbocycles. The van der Waals surface area contributed by atoms with Gasteiger partial charge in [-0.2, -0.15) is 5.26 Å². The van der Waals surface area contributed by atoms with E-state index >= 15 is 0 Å². The van der Waals surface area contributed by atoms with Crippen LogP contribution < -0.4 is 5.73 Å². The number of rotatable bonds is 3. The second-order valence-corrected chi connectivity index (χ2v) is 7.30. The molecule has 0 unspecified atom stereocenters. The van der Waals surface area contributed by atoms with Crippen LogP contribution in [-0.4, -0.2) is 5.78 Å². The Balaban J connectivity index is 1.77. The van der Waals surface area contributed by atoms with Gasteiger partial charge in [0.25, 0.3) is 0 Å². The highest BCUT2D eigenvalue weighted by Gasteiger charge is 2.40. The fourth-order valence-electron chi connectivity index (χ4n) is 4.15. The van der Waals surface area contributed by atoms with Crippen LogP contribution >= 0.6 is 0 Å². The Morgan fingerprint density at radius 2 is 1.79 bits per heavy atom. The van der Waals surface area contributed by atoms with Crippen molar-refractivity contribution in [1.82, 2.24) is 0 Å². The largest absolute Gasteiger partial charge is 0.444 e. The van der Waals surface area contributed by atoms with Crippen LogP contribution in [0.5, 0.6) is 0 Å². The molecule has 28 heavy (non-hydrogen) atoms. The number of ether oxygens (including phenoxy) is 1. The first-order valence-corrected chi connectivity index (χ1v) is 9.60. The maximum Gasteiger partial charge on any atom is 0.205 e. The summed E-state index contributed by atoms with van der Waals surface area (Å²) in [7, 11) is 0. The standard InChI is InChI=1S/C24H22N2O2/c1-2-15-8-10-17(11-9-15)22-19(14-25)24(26)28-21-13-18(12-20(27)23(21)22)16-6-4-3-5-7-16/h3-11,18,22H,2,12-13,26H2,1H3/t18-,22+/m0/s1. The molecule has 0 spiro atoms. The Hall–Kier alpha value is -3.32. The molecule has 4 nitrogen and oxygen atoms in total. The van der Waals surface area contributed by atoms with Gasteiger partial charge in [-0.1, -0.05) is 61.5 Å². The van der Waals surface area contributed by atoms with Gasteiger partial charge in [-0.05, 0) is 29.0 Å². The van der Waals surface area contributed by atoms with E-state index in [9.17, 15) is 10.1 Å². The molecule has 0 radical (unpaired) electrons. The predicted molar refractivity (Wildman–Crippen MR) is 107 cm³/mol. The Bertz CT molecular complexity index is 1010. The number of nitrogens with zero attached hydrogens (tertiary/aromatic N) is 1. The van der Waals surface area contributed by atoms with Gasteiger partial charge in [-0.25, -0.2) is 0 Å². The molecule has 4 rings (SSSR count). The van der Waals surface area contributed by atoms with Crippen LogP contribution in [0.4, 0.5) is 0 Å². The predicted octanol–water partition coefficient (Wildman–Crippen LogP) is 4.46. The molecule has 2 N–H and O–H groups in total. The number of ketones is 1. The summed E-state index contributed by atoms with van der Waals surface area (Å²) in [5, 5.41) is 9.70. The summed E-state index contributed by atoms with van der Waals surface area (Å²) in [5.41, 5.74) is 10.2. The second kappa shape index (κ2) is 7.36. The van der Waals surface area contributed by atoms with Crippen LogP contribution in [0.25, 0.3) is 0 Å². The van der Waals surface area contributed by atoms with Gasteiger partial charge in [-0.15, -0.1) is 0 Å². The minimum Gasteiger partial charge on any atom is -0.444 e. The Morgan fingerprint density at radius 1 is 1.07 bits per heavy atom. The van der Waals surface area contributed by atoms with Crippen molar-refractivity contribution in [3.05, 3.63) is 94.1 Å². The number of benzene rings is 2. The second-order valence-electron chi connectivity index (χ2n) is 7.30. The molecule has 2 atom stereocenters. The number of nitriles is 1. The first kappa shape index (κ1) is 18.1. The van der Waals surface area contributed by atoms with Gasteiger partial charge >= 0.3 is 0 Å². The minimum absolute atomic E-state index is 0.0277. The fraction of sp³-hybridized carbons (Fsp3) is 0.250. The van der Waals surface area contributed by atoms with E-state index in [2.05, 4.69) is 13.0 Å². The van der Waals surface area contributed by atoms with Gasteiger partial charge in [0.2, 0.25) is 5.88 Å². The Kier molecular flexibility index (Phi) is 4.75. The van der Waals surface area contributed by atoms with Crippen molar-refractivity contribution in [1.29, 1.82) is 5.26 Å². The lowest BCUT2D eigenvalue weighted by Gasteiger charge is -2.34. The molecule has 0 saturated heterocycles. The first-order valence-electron chi connectivity index (χ1n) is 9.60. The maximum absolute atomic E-state index is 13.2. The van der Waals surface area contributed by atoms with Crippen molar-refractivity contribution < 1.29 is 9.53 Å². The molecular formula is C24H22N2O2. The zero-order chi connectivity index (χ0) is 19.7. The number of carbonyl (C=O) groups excluding carboxylic acids is 1. The average Bonchev–Trinajstić information content (AvgIpc) is 2.73. The molecule has 2 aliphatic rings. The number of Topliss-reactive ketones (excluding diaryl/α,β-unsaturated/α-hetero) is 1. The third-order valence-electron chi connectivity index (χ3n) is 5.65. The smallest absolute Gasteiger partial charge is 0.205 e. The third kappa shape index (κ3) is 3.10. The van der Waals surface area contributed by atoms with Crippen LogP contribution in [0, 0.1) is 11.3 Å². The molecule has 1 aliphatic carbocycles. The van der Waals surface area contributed by atoms with Crippen LogP contribution in [0.15, 0.2) is 77.4 Å². The van der Waals surface area contributed by atoms with Crippen LogP contribution in [0.2, 0.25) is 0 Å². The number of hydrogen-bond donors (Lipinski definition) is 1. The molecule has 0 aromatic heterocycles. The van der Waals surface area contributed by atoms with E-state index in [1.54, 1.807) is 0 Å². The Labute approximate surface area is 164 Å². The zero-order valence-corrected chi connectivity index (χ0v) is 15.8. The summed E-state index contributed by atoms with van der Waals surface area (Å²) < 4.78 is 5.81. The van der Waals surface area contributed by atoms with Gasteiger partial charge < -0.3 is 10.5 Å². The average molecular weight is 370 g/mol. The topological polar surface area (TPSA) is 76.1 Å². The third-order valence-corrected chi connectivity index (χ3v) is 5.65. The van der Waals surface area contributed by atoms with E-state index in [0.717, 1.165) is 17.5 Å². The maximum atomic E-state index is 13.2. The van der Waals surface area contributed by atoms with E-state index in [4.69, 9.17) is 10.5 Å². The normalized spacial score (nSPS) is 21.8. The quantitative estimate of drug-likeness (QED) is 0.865. The molecule has 4 heteroatoms. The molecule has 2 aromatic rings.